The van der Waals surface area contributed by atoms with Gasteiger partial charge < -0.3 is 5.32 Å². The molecule has 1 aromatic heterocycles. The third kappa shape index (κ3) is 4.43. The van der Waals surface area contributed by atoms with Gasteiger partial charge in [0.05, 0.1) is 11.7 Å². The fourth-order valence-electron chi connectivity index (χ4n) is 2.26. The Morgan fingerprint density at radius 3 is 2.65 bits per heavy atom. The van der Waals surface area contributed by atoms with E-state index in [-0.39, 0.29) is 0 Å². The topological polar surface area (TPSA) is 24.9 Å². The van der Waals surface area contributed by atoms with Gasteiger partial charge in [0.2, 0.25) is 0 Å². The summed E-state index contributed by atoms with van der Waals surface area (Å²) in [5.74, 6) is 0. The average Bonchev–Trinajstić information content (AvgIpc) is 2.49. The molecular formula is C17H21BrN2. The van der Waals surface area contributed by atoms with Gasteiger partial charge in [0, 0.05) is 10.7 Å². The molecule has 1 heterocycles. The maximum atomic E-state index is 4.53. The summed E-state index contributed by atoms with van der Waals surface area (Å²) in [6.45, 7) is 3.21. The van der Waals surface area contributed by atoms with Gasteiger partial charge in [-0.3, -0.25) is 4.98 Å². The number of aryl methyl sites for hydroxylation is 1. The summed E-state index contributed by atoms with van der Waals surface area (Å²) in [5, 5.41) is 3.60. The summed E-state index contributed by atoms with van der Waals surface area (Å²) in [6.07, 6.45) is 5.11. The Morgan fingerprint density at radius 1 is 1.15 bits per heavy atom. The summed E-state index contributed by atoms with van der Waals surface area (Å²) in [7, 11) is 0. The van der Waals surface area contributed by atoms with Crippen molar-refractivity contribution in [2.75, 3.05) is 6.54 Å². The third-order valence-electron chi connectivity index (χ3n) is 3.32. The number of rotatable bonds is 7. The average molecular weight is 333 g/mol. The Bertz CT molecular complexity index is 513. The number of hydrogen-bond donors (Lipinski definition) is 1. The van der Waals surface area contributed by atoms with Crippen LogP contribution in [0.3, 0.4) is 0 Å². The first kappa shape index (κ1) is 15.2. The first-order chi connectivity index (χ1) is 9.81. The van der Waals surface area contributed by atoms with Crippen LogP contribution in [0.25, 0.3) is 0 Å². The molecule has 0 spiro atoms. The van der Waals surface area contributed by atoms with Crippen LogP contribution < -0.4 is 5.32 Å². The van der Waals surface area contributed by atoms with E-state index in [1.807, 2.05) is 12.3 Å². The Hall–Kier alpha value is -1.19. The van der Waals surface area contributed by atoms with Crippen LogP contribution in [-0.2, 0) is 6.42 Å². The molecule has 0 radical (unpaired) electrons. The van der Waals surface area contributed by atoms with Crippen LogP contribution in [0.15, 0.2) is 53.1 Å². The van der Waals surface area contributed by atoms with Gasteiger partial charge in [-0.05, 0) is 59.4 Å². The number of pyridine rings is 1. The molecule has 20 heavy (non-hydrogen) atoms. The van der Waals surface area contributed by atoms with Crippen molar-refractivity contribution >= 4 is 15.9 Å². The van der Waals surface area contributed by atoms with E-state index in [1.165, 1.54) is 5.56 Å². The summed E-state index contributed by atoms with van der Waals surface area (Å²) in [5.41, 5.74) is 2.49. The van der Waals surface area contributed by atoms with Crippen LogP contribution >= 0.6 is 15.9 Å². The first-order valence-electron chi connectivity index (χ1n) is 7.19. The Balaban J connectivity index is 2.06. The monoisotopic (exact) mass is 332 g/mol. The molecule has 1 N–H and O–H groups in total. The van der Waals surface area contributed by atoms with Crippen molar-refractivity contribution in [1.82, 2.24) is 10.3 Å². The van der Waals surface area contributed by atoms with Crippen molar-refractivity contribution in [2.45, 2.75) is 32.2 Å². The molecule has 1 unspecified atom stereocenters. The molecule has 3 heteroatoms. The number of hydrogen-bond acceptors (Lipinski definition) is 2. The minimum atomic E-state index is 0.297. The normalized spacial score (nSPS) is 12.3. The van der Waals surface area contributed by atoms with E-state index < -0.39 is 0 Å². The second-order valence-electron chi connectivity index (χ2n) is 4.90. The van der Waals surface area contributed by atoms with Crippen molar-refractivity contribution in [2.24, 2.45) is 0 Å². The van der Waals surface area contributed by atoms with Crippen LogP contribution in [0.1, 0.15) is 37.1 Å². The van der Waals surface area contributed by atoms with Crippen molar-refractivity contribution in [3.05, 3.63) is 64.4 Å². The smallest absolute Gasteiger partial charge is 0.0714 e. The molecule has 0 saturated carbocycles. The van der Waals surface area contributed by atoms with Gasteiger partial charge in [-0.15, -0.1) is 0 Å². The highest BCUT2D eigenvalue weighted by atomic mass is 79.9. The predicted octanol–water partition coefficient (Wildman–Crippen LogP) is 4.52. The van der Waals surface area contributed by atoms with Crippen LogP contribution in [-0.4, -0.2) is 11.5 Å². The first-order valence-corrected chi connectivity index (χ1v) is 7.98. The van der Waals surface area contributed by atoms with Crippen LogP contribution in [0.4, 0.5) is 0 Å². The molecule has 0 bridgehead atoms. The zero-order valence-electron chi connectivity index (χ0n) is 11.8. The lowest BCUT2D eigenvalue weighted by Crippen LogP contribution is -2.24. The highest BCUT2D eigenvalue weighted by Crippen LogP contribution is 2.24. The van der Waals surface area contributed by atoms with Crippen molar-refractivity contribution in [3.8, 4) is 0 Å². The summed E-state index contributed by atoms with van der Waals surface area (Å²) < 4.78 is 1.08. The van der Waals surface area contributed by atoms with E-state index in [2.05, 4.69) is 69.6 Å². The van der Waals surface area contributed by atoms with E-state index in [0.29, 0.717) is 6.04 Å². The van der Waals surface area contributed by atoms with Crippen LogP contribution in [0.5, 0.6) is 0 Å². The Morgan fingerprint density at radius 2 is 1.95 bits per heavy atom. The van der Waals surface area contributed by atoms with Gasteiger partial charge in [-0.2, -0.15) is 0 Å². The van der Waals surface area contributed by atoms with Crippen molar-refractivity contribution < 1.29 is 0 Å². The lowest BCUT2D eigenvalue weighted by atomic mass is 10.0. The van der Waals surface area contributed by atoms with Gasteiger partial charge in [0.1, 0.15) is 0 Å². The van der Waals surface area contributed by atoms with E-state index in [0.717, 1.165) is 36.0 Å². The standard InChI is InChI=1S/C17H21BrN2/c1-2-12-19-16(17-15(18)9-6-13-20-17)11-10-14-7-4-3-5-8-14/h3-9,13,16,19H,2,10-12H2,1H3. The van der Waals surface area contributed by atoms with Crippen molar-refractivity contribution in [1.29, 1.82) is 0 Å². The fourth-order valence-corrected chi connectivity index (χ4v) is 2.80. The lowest BCUT2D eigenvalue weighted by Gasteiger charge is -2.19. The van der Waals surface area contributed by atoms with Gasteiger partial charge in [-0.1, -0.05) is 37.3 Å². The molecular weight excluding hydrogens is 312 g/mol. The SMILES string of the molecule is CCCNC(CCc1ccccc1)c1ncccc1Br. The van der Waals surface area contributed by atoms with E-state index in [9.17, 15) is 0 Å². The number of halogens is 1. The summed E-state index contributed by atoms with van der Waals surface area (Å²) in [4.78, 5) is 4.53. The summed E-state index contributed by atoms with van der Waals surface area (Å²) >= 11 is 3.61. The lowest BCUT2D eigenvalue weighted by molar-refractivity contribution is 0.487. The zero-order chi connectivity index (χ0) is 14.2. The molecule has 1 atom stereocenters. The molecule has 0 aliphatic rings. The fraction of sp³-hybridized carbons (Fsp3) is 0.353. The molecule has 106 valence electrons. The molecule has 2 nitrogen and oxygen atoms in total. The Labute approximate surface area is 129 Å². The van der Waals surface area contributed by atoms with Crippen LogP contribution in [0, 0.1) is 0 Å². The predicted molar refractivity (Wildman–Crippen MR) is 87.7 cm³/mol. The number of aromatic nitrogens is 1. The molecule has 0 amide bonds. The second-order valence-corrected chi connectivity index (χ2v) is 5.76. The van der Waals surface area contributed by atoms with Gasteiger partial charge in [-0.25, -0.2) is 0 Å². The maximum absolute atomic E-state index is 4.53. The molecule has 0 saturated heterocycles. The van der Waals surface area contributed by atoms with E-state index >= 15 is 0 Å². The van der Waals surface area contributed by atoms with Crippen molar-refractivity contribution in [3.63, 3.8) is 0 Å². The van der Waals surface area contributed by atoms with E-state index in [4.69, 9.17) is 0 Å². The quantitative estimate of drug-likeness (QED) is 0.806. The largest absolute Gasteiger partial charge is 0.309 e. The molecule has 1 aromatic carbocycles. The maximum Gasteiger partial charge on any atom is 0.0714 e. The minimum absolute atomic E-state index is 0.297. The van der Waals surface area contributed by atoms with E-state index in [1.54, 1.807) is 0 Å². The third-order valence-corrected chi connectivity index (χ3v) is 3.99. The van der Waals surface area contributed by atoms with Crippen LogP contribution in [0.2, 0.25) is 0 Å². The summed E-state index contributed by atoms with van der Waals surface area (Å²) in [6, 6.07) is 14.9. The molecule has 0 fully saturated rings. The van der Waals surface area contributed by atoms with Gasteiger partial charge in [0.25, 0.3) is 0 Å². The molecule has 2 aromatic rings. The second kappa shape index (κ2) is 8.18. The molecule has 0 aliphatic carbocycles. The zero-order valence-corrected chi connectivity index (χ0v) is 13.4. The number of nitrogens with zero attached hydrogens (tertiary/aromatic N) is 1. The number of benzene rings is 1. The van der Waals surface area contributed by atoms with Gasteiger partial charge in [0.15, 0.2) is 0 Å². The number of nitrogens with one attached hydrogen (secondary N) is 1. The van der Waals surface area contributed by atoms with Gasteiger partial charge >= 0.3 is 0 Å². The molecule has 2 rings (SSSR count). The minimum Gasteiger partial charge on any atom is -0.309 e. The highest BCUT2D eigenvalue weighted by molar-refractivity contribution is 9.10. The highest BCUT2D eigenvalue weighted by Gasteiger charge is 2.14. The Kier molecular flexibility index (Phi) is 6.22. The molecule has 0 aliphatic heterocycles.